The van der Waals surface area contributed by atoms with Gasteiger partial charge in [0.15, 0.2) is 0 Å². The van der Waals surface area contributed by atoms with Crippen molar-refractivity contribution in [1.29, 1.82) is 0 Å². The highest BCUT2D eigenvalue weighted by atomic mass is 16.5. The minimum Gasteiger partial charge on any atom is -0.481 e. The molecule has 2 aliphatic carbocycles. The average Bonchev–Trinajstić information content (AvgIpc) is 2.42. The third kappa shape index (κ3) is 4.93. The summed E-state index contributed by atoms with van der Waals surface area (Å²) >= 11 is 0. The van der Waals surface area contributed by atoms with Gasteiger partial charge in [-0.2, -0.15) is 0 Å². The Morgan fingerprint density at radius 3 is 2.52 bits per heavy atom. The summed E-state index contributed by atoms with van der Waals surface area (Å²) in [5, 5.41) is 11.9. The Bertz CT molecular complexity index is 431. The number of rotatable bonds is 7. The van der Waals surface area contributed by atoms with Gasteiger partial charge in [-0.25, -0.2) is 0 Å². The number of nitrogens with one attached hydrogen (secondary N) is 1. The summed E-state index contributed by atoms with van der Waals surface area (Å²) in [7, 11) is 0. The lowest BCUT2D eigenvalue weighted by Crippen LogP contribution is -2.55. The molecule has 0 saturated heterocycles. The number of aliphatic carboxylic acids is 1. The Balaban J connectivity index is 1.83. The van der Waals surface area contributed by atoms with E-state index in [9.17, 15) is 9.59 Å². The van der Waals surface area contributed by atoms with Crippen LogP contribution >= 0.6 is 0 Å². The molecular weight excluding hydrogens is 294 g/mol. The lowest BCUT2D eigenvalue weighted by atomic mass is 9.74. The molecule has 2 N–H and O–H groups in total. The van der Waals surface area contributed by atoms with E-state index in [1.165, 1.54) is 6.42 Å². The minimum atomic E-state index is -0.855. The zero-order valence-electron chi connectivity index (χ0n) is 14.6. The van der Waals surface area contributed by atoms with Crippen LogP contribution in [-0.4, -0.2) is 35.2 Å². The highest BCUT2D eigenvalue weighted by molar-refractivity contribution is 5.79. The highest BCUT2D eigenvalue weighted by Gasteiger charge is 2.40. The van der Waals surface area contributed by atoms with Crippen LogP contribution in [0.4, 0.5) is 0 Å². The quantitative estimate of drug-likeness (QED) is 0.754. The molecule has 0 aliphatic heterocycles. The number of ether oxygens (including phenoxy) is 1. The van der Waals surface area contributed by atoms with E-state index in [4.69, 9.17) is 9.84 Å². The molecule has 5 nitrogen and oxygen atoms in total. The van der Waals surface area contributed by atoms with Crippen molar-refractivity contribution in [3.63, 3.8) is 0 Å². The van der Waals surface area contributed by atoms with Crippen molar-refractivity contribution in [2.24, 2.45) is 17.8 Å². The topological polar surface area (TPSA) is 75.6 Å². The number of carboxylic acids is 1. The van der Waals surface area contributed by atoms with E-state index in [-0.39, 0.29) is 25.0 Å². The van der Waals surface area contributed by atoms with Crippen molar-refractivity contribution < 1.29 is 19.4 Å². The van der Waals surface area contributed by atoms with Gasteiger partial charge in [-0.1, -0.05) is 27.2 Å². The maximum atomic E-state index is 12.2. The third-order valence-corrected chi connectivity index (χ3v) is 5.59. The Morgan fingerprint density at radius 2 is 2.00 bits per heavy atom. The predicted molar refractivity (Wildman–Crippen MR) is 88.1 cm³/mol. The molecule has 2 rings (SSSR count). The van der Waals surface area contributed by atoms with E-state index in [1.54, 1.807) is 0 Å². The Hall–Kier alpha value is -1.10. The fraction of sp³-hybridized carbons (Fsp3) is 0.889. The molecule has 2 aliphatic rings. The van der Waals surface area contributed by atoms with E-state index in [1.807, 2.05) is 0 Å². The second-order valence-electron chi connectivity index (χ2n) is 7.93. The van der Waals surface area contributed by atoms with Gasteiger partial charge in [-0.15, -0.1) is 0 Å². The molecule has 0 aromatic rings. The van der Waals surface area contributed by atoms with Crippen LogP contribution < -0.4 is 5.32 Å². The van der Waals surface area contributed by atoms with E-state index in [0.29, 0.717) is 17.8 Å². The van der Waals surface area contributed by atoms with Crippen molar-refractivity contribution in [2.45, 2.75) is 77.4 Å². The summed E-state index contributed by atoms with van der Waals surface area (Å²) in [6.07, 6.45) is 6.03. The van der Waals surface area contributed by atoms with Crippen molar-refractivity contribution in [3.8, 4) is 0 Å². The molecular formula is C18H31NO4. The first-order chi connectivity index (χ1) is 10.8. The SMILES string of the molecule is CC1CCC(C(C)C)C(OCC(=O)NC2(CC(=O)O)CCC2)C1. The number of hydrogen-bond donors (Lipinski definition) is 2. The third-order valence-electron chi connectivity index (χ3n) is 5.59. The average molecular weight is 325 g/mol. The lowest BCUT2D eigenvalue weighted by Gasteiger charge is -2.42. The Labute approximate surface area is 139 Å². The second kappa shape index (κ2) is 7.65. The molecule has 3 unspecified atom stereocenters. The normalized spacial score (nSPS) is 29.8. The van der Waals surface area contributed by atoms with E-state index >= 15 is 0 Å². The smallest absolute Gasteiger partial charge is 0.305 e. The van der Waals surface area contributed by atoms with Gasteiger partial charge in [-0.05, 0) is 49.9 Å². The van der Waals surface area contributed by atoms with Gasteiger partial charge in [0.25, 0.3) is 0 Å². The summed E-state index contributed by atoms with van der Waals surface area (Å²) in [4.78, 5) is 23.2. The molecule has 2 saturated carbocycles. The van der Waals surface area contributed by atoms with Gasteiger partial charge < -0.3 is 15.2 Å². The zero-order valence-corrected chi connectivity index (χ0v) is 14.6. The van der Waals surface area contributed by atoms with Crippen molar-refractivity contribution in [2.75, 3.05) is 6.61 Å². The molecule has 2 fully saturated rings. The van der Waals surface area contributed by atoms with Gasteiger partial charge in [0.05, 0.1) is 18.1 Å². The summed E-state index contributed by atoms with van der Waals surface area (Å²) in [5.74, 6) is 0.679. The molecule has 1 amide bonds. The van der Waals surface area contributed by atoms with Crippen LogP contribution in [0, 0.1) is 17.8 Å². The monoisotopic (exact) mass is 325 g/mol. The van der Waals surface area contributed by atoms with E-state index in [0.717, 1.165) is 32.1 Å². The molecule has 0 heterocycles. The molecule has 0 aromatic heterocycles. The van der Waals surface area contributed by atoms with Crippen molar-refractivity contribution in [3.05, 3.63) is 0 Å². The molecule has 0 bridgehead atoms. The number of carbonyl (C=O) groups is 2. The van der Waals surface area contributed by atoms with Gasteiger partial charge in [0.1, 0.15) is 6.61 Å². The molecule has 5 heteroatoms. The van der Waals surface area contributed by atoms with Crippen molar-refractivity contribution in [1.82, 2.24) is 5.32 Å². The van der Waals surface area contributed by atoms with Crippen LogP contribution in [0.15, 0.2) is 0 Å². The molecule has 3 atom stereocenters. The van der Waals surface area contributed by atoms with Gasteiger partial charge >= 0.3 is 5.97 Å². The van der Waals surface area contributed by atoms with Crippen molar-refractivity contribution >= 4 is 11.9 Å². The lowest BCUT2D eigenvalue weighted by molar-refractivity contribution is -0.142. The maximum Gasteiger partial charge on any atom is 0.305 e. The zero-order chi connectivity index (χ0) is 17.0. The first-order valence-electron chi connectivity index (χ1n) is 8.96. The van der Waals surface area contributed by atoms with Gasteiger partial charge in [-0.3, -0.25) is 9.59 Å². The molecule has 132 valence electrons. The van der Waals surface area contributed by atoms with Gasteiger partial charge in [0, 0.05) is 0 Å². The van der Waals surface area contributed by atoms with Crippen LogP contribution in [0.2, 0.25) is 0 Å². The maximum absolute atomic E-state index is 12.2. The summed E-state index contributed by atoms with van der Waals surface area (Å²) in [6, 6.07) is 0. The second-order valence-corrected chi connectivity index (χ2v) is 7.93. The predicted octanol–water partition coefficient (Wildman–Crippen LogP) is 2.98. The Kier molecular flexibility index (Phi) is 6.06. The molecule has 0 radical (unpaired) electrons. The largest absolute Gasteiger partial charge is 0.481 e. The van der Waals surface area contributed by atoms with Crippen LogP contribution in [0.1, 0.15) is 65.7 Å². The number of carbonyl (C=O) groups excluding carboxylic acids is 1. The standard InChI is InChI=1S/C18H31NO4/c1-12(2)14-6-5-13(3)9-15(14)23-11-16(20)19-18(7-4-8-18)10-17(21)22/h12-15H,4-11H2,1-3H3,(H,19,20)(H,21,22). The summed E-state index contributed by atoms with van der Waals surface area (Å²) < 4.78 is 5.95. The first-order valence-corrected chi connectivity index (χ1v) is 8.96. The van der Waals surface area contributed by atoms with Crippen LogP contribution in [0.25, 0.3) is 0 Å². The fourth-order valence-electron chi connectivity index (χ4n) is 4.06. The highest BCUT2D eigenvalue weighted by Crippen LogP contribution is 2.36. The van der Waals surface area contributed by atoms with Crippen LogP contribution in [-0.2, 0) is 14.3 Å². The molecule has 0 spiro atoms. The van der Waals surface area contributed by atoms with E-state index in [2.05, 4.69) is 26.1 Å². The Morgan fingerprint density at radius 1 is 1.30 bits per heavy atom. The summed E-state index contributed by atoms with van der Waals surface area (Å²) in [6.45, 7) is 6.71. The van der Waals surface area contributed by atoms with E-state index < -0.39 is 11.5 Å². The summed E-state index contributed by atoms with van der Waals surface area (Å²) in [5.41, 5.74) is -0.538. The van der Waals surface area contributed by atoms with Gasteiger partial charge in [0.2, 0.25) is 5.91 Å². The van der Waals surface area contributed by atoms with Crippen LogP contribution in [0.3, 0.4) is 0 Å². The minimum absolute atomic E-state index is 0.00776. The first kappa shape index (κ1) is 18.2. The fourth-order valence-corrected chi connectivity index (χ4v) is 4.06. The number of carboxylic acid groups (broad SMARTS) is 1. The molecule has 0 aromatic carbocycles. The van der Waals surface area contributed by atoms with Crippen LogP contribution in [0.5, 0.6) is 0 Å². The number of amides is 1. The molecule has 23 heavy (non-hydrogen) atoms. The number of hydrogen-bond acceptors (Lipinski definition) is 3.